The lowest BCUT2D eigenvalue weighted by Gasteiger charge is -2.11. The van der Waals surface area contributed by atoms with Gasteiger partial charge in [-0.25, -0.2) is 9.07 Å². The van der Waals surface area contributed by atoms with Gasteiger partial charge in [-0.3, -0.25) is 0 Å². The Morgan fingerprint density at radius 1 is 1.39 bits per heavy atom. The van der Waals surface area contributed by atoms with Crippen molar-refractivity contribution in [3.63, 3.8) is 0 Å². The van der Waals surface area contributed by atoms with Crippen molar-refractivity contribution in [1.29, 1.82) is 0 Å². The molecular formula is C13H17FN4. The number of aryl methyl sites for hydroxylation is 3. The molecule has 0 aliphatic carbocycles. The first-order valence-electron chi connectivity index (χ1n) is 5.89. The molecular weight excluding hydrogens is 231 g/mol. The molecule has 0 bridgehead atoms. The molecule has 0 saturated carbocycles. The van der Waals surface area contributed by atoms with Crippen molar-refractivity contribution >= 4 is 17.2 Å². The van der Waals surface area contributed by atoms with Crippen LogP contribution in [-0.4, -0.2) is 9.78 Å². The molecule has 0 amide bonds. The molecule has 1 aromatic heterocycles. The van der Waals surface area contributed by atoms with E-state index in [0.717, 1.165) is 5.69 Å². The minimum atomic E-state index is -0.265. The molecule has 18 heavy (non-hydrogen) atoms. The van der Waals surface area contributed by atoms with Crippen LogP contribution in [0, 0.1) is 19.7 Å². The van der Waals surface area contributed by atoms with E-state index in [4.69, 9.17) is 5.73 Å². The number of nitrogen functional groups attached to an aromatic ring is 1. The molecule has 4 nitrogen and oxygen atoms in total. The summed E-state index contributed by atoms with van der Waals surface area (Å²) in [4.78, 5) is 0. The fraction of sp³-hybridized carbons (Fsp3) is 0.308. The van der Waals surface area contributed by atoms with E-state index in [9.17, 15) is 4.39 Å². The van der Waals surface area contributed by atoms with Crippen molar-refractivity contribution in [2.24, 2.45) is 0 Å². The third-order valence-corrected chi connectivity index (χ3v) is 2.92. The molecule has 0 unspecified atom stereocenters. The van der Waals surface area contributed by atoms with Gasteiger partial charge in [-0.2, -0.15) is 5.10 Å². The van der Waals surface area contributed by atoms with E-state index in [1.807, 2.05) is 13.8 Å². The second kappa shape index (κ2) is 4.68. The predicted molar refractivity (Wildman–Crippen MR) is 71.5 cm³/mol. The molecule has 0 fully saturated rings. The van der Waals surface area contributed by atoms with Crippen LogP contribution >= 0.6 is 0 Å². The standard InChI is InChI=1S/C13H17FN4/c1-4-18-13(12(15)9(3)17-18)16-10-7-5-6-8(2)11(10)14/h5-7,16H,4,15H2,1-3H3. The fourth-order valence-electron chi connectivity index (χ4n) is 1.83. The highest BCUT2D eigenvalue weighted by atomic mass is 19.1. The Labute approximate surface area is 106 Å². The van der Waals surface area contributed by atoms with Crippen LogP contribution in [0.2, 0.25) is 0 Å². The highest BCUT2D eigenvalue weighted by molar-refractivity contribution is 5.71. The van der Waals surface area contributed by atoms with Gasteiger partial charge in [0.15, 0.2) is 5.82 Å². The van der Waals surface area contributed by atoms with E-state index < -0.39 is 0 Å². The SMILES string of the molecule is CCn1nc(C)c(N)c1Nc1cccc(C)c1F. The number of hydrogen-bond donors (Lipinski definition) is 2. The number of aromatic nitrogens is 2. The Bertz CT molecular complexity index is 575. The van der Waals surface area contributed by atoms with Crippen LogP contribution in [-0.2, 0) is 6.54 Å². The maximum absolute atomic E-state index is 13.9. The molecule has 2 aromatic rings. The van der Waals surface area contributed by atoms with Gasteiger partial charge in [-0.1, -0.05) is 12.1 Å². The summed E-state index contributed by atoms with van der Waals surface area (Å²) in [5.74, 6) is 0.373. The van der Waals surface area contributed by atoms with Gasteiger partial charge in [0.1, 0.15) is 5.82 Å². The normalized spacial score (nSPS) is 10.7. The van der Waals surface area contributed by atoms with Gasteiger partial charge in [0.05, 0.1) is 17.1 Å². The van der Waals surface area contributed by atoms with Crippen LogP contribution < -0.4 is 11.1 Å². The Balaban J connectivity index is 2.43. The third-order valence-electron chi connectivity index (χ3n) is 2.92. The van der Waals surface area contributed by atoms with Crippen molar-refractivity contribution in [3.8, 4) is 0 Å². The Kier molecular flexibility index (Phi) is 3.23. The van der Waals surface area contributed by atoms with Gasteiger partial charge in [0.2, 0.25) is 0 Å². The van der Waals surface area contributed by atoms with Crippen LogP contribution in [0.3, 0.4) is 0 Å². The Hall–Kier alpha value is -2.04. The summed E-state index contributed by atoms with van der Waals surface area (Å²) in [5.41, 5.74) is 8.25. The minimum Gasteiger partial charge on any atom is -0.394 e. The molecule has 2 rings (SSSR count). The summed E-state index contributed by atoms with van der Waals surface area (Å²) >= 11 is 0. The second-order valence-corrected chi connectivity index (χ2v) is 4.22. The van der Waals surface area contributed by atoms with Crippen LogP contribution in [0.4, 0.5) is 21.6 Å². The zero-order chi connectivity index (χ0) is 13.3. The predicted octanol–water partition coefficient (Wildman–Crippen LogP) is 2.98. The topological polar surface area (TPSA) is 55.9 Å². The maximum atomic E-state index is 13.9. The molecule has 0 atom stereocenters. The average molecular weight is 248 g/mol. The van der Waals surface area contributed by atoms with E-state index >= 15 is 0 Å². The Morgan fingerprint density at radius 3 is 2.78 bits per heavy atom. The van der Waals surface area contributed by atoms with Gasteiger partial charge < -0.3 is 11.1 Å². The fourth-order valence-corrected chi connectivity index (χ4v) is 1.83. The quantitative estimate of drug-likeness (QED) is 0.878. The van der Waals surface area contributed by atoms with Crippen LogP contribution in [0.5, 0.6) is 0 Å². The van der Waals surface area contributed by atoms with Gasteiger partial charge in [-0.05, 0) is 32.4 Å². The van der Waals surface area contributed by atoms with E-state index in [2.05, 4.69) is 10.4 Å². The lowest BCUT2D eigenvalue weighted by atomic mass is 10.2. The minimum absolute atomic E-state index is 0.265. The number of rotatable bonds is 3. The zero-order valence-electron chi connectivity index (χ0n) is 10.8. The molecule has 0 spiro atoms. The number of halogens is 1. The van der Waals surface area contributed by atoms with Crippen molar-refractivity contribution in [2.75, 3.05) is 11.1 Å². The first kappa shape index (κ1) is 12.4. The molecule has 0 saturated heterocycles. The first-order chi connectivity index (χ1) is 8.54. The van der Waals surface area contributed by atoms with Crippen molar-refractivity contribution < 1.29 is 4.39 Å². The van der Waals surface area contributed by atoms with Gasteiger partial charge in [-0.15, -0.1) is 0 Å². The molecule has 3 N–H and O–H groups in total. The number of nitrogens with two attached hydrogens (primary N) is 1. The highest BCUT2D eigenvalue weighted by Crippen LogP contribution is 2.28. The van der Waals surface area contributed by atoms with E-state index in [1.165, 1.54) is 0 Å². The van der Waals surface area contributed by atoms with Crippen molar-refractivity contribution in [1.82, 2.24) is 9.78 Å². The zero-order valence-corrected chi connectivity index (χ0v) is 10.8. The van der Waals surface area contributed by atoms with Gasteiger partial charge in [0.25, 0.3) is 0 Å². The molecule has 1 aromatic carbocycles. The summed E-state index contributed by atoms with van der Waals surface area (Å²) < 4.78 is 15.7. The monoisotopic (exact) mass is 248 g/mol. The number of hydrogen-bond acceptors (Lipinski definition) is 3. The number of nitrogens with zero attached hydrogens (tertiary/aromatic N) is 2. The molecule has 5 heteroatoms. The number of benzene rings is 1. The lowest BCUT2D eigenvalue weighted by Crippen LogP contribution is -2.05. The number of nitrogens with one attached hydrogen (secondary N) is 1. The maximum Gasteiger partial charge on any atom is 0.152 e. The first-order valence-corrected chi connectivity index (χ1v) is 5.89. The largest absolute Gasteiger partial charge is 0.394 e. The van der Waals surface area contributed by atoms with E-state index in [1.54, 1.807) is 29.8 Å². The second-order valence-electron chi connectivity index (χ2n) is 4.22. The smallest absolute Gasteiger partial charge is 0.152 e. The molecule has 0 aliphatic rings. The van der Waals surface area contributed by atoms with Gasteiger partial charge >= 0.3 is 0 Å². The summed E-state index contributed by atoms with van der Waals surface area (Å²) in [6.07, 6.45) is 0. The highest BCUT2D eigenvalue weighted by Gasteiger charge is 2.13. The molecule has 1 heterocycles. The van der Waals surface area contributed by atoms with Crippen molar-refractivity contribution in [3.05, 3.63) is 35.3 Å². The summed E-state index contributed by atoms with van der Waals surface area (Å²) in [5, 5.41) is 7.31. The van der Waals surface area contributed by atoms with E-state index in [-0.39, 0.29) is 5.82 Å². The molecule has 0 radical (unpaired) electrons. The lowest BCUT2D eigenvalue weighted by molar-refractivity contribution is 0.620. The summed E-state index contributed by atoms with van der Waals surface area (Å²) in [6.45, 7) is 6.20. The summed E-state index contributed by atoms with van der Waals surface area (Å²) in [7, 11) is 0. The van der Waals surface area contributed by atoms with Gasteiger partial charge in [0, 0.05) is 6.54 Å². The van der Waals surface area contributed by atoms with Crippen LogP contribution in [0.1, 0.15) is 18.2 Å². The Morgan fingerprint density at radius 2 is 2.11 bits per heavy atom. The van der Waals surface area contributed by atoms with Crippen LogP contribution in [0.25, 0.3) is 0 Å². The summed E-state index contributed by atoms with van der Waals surface area (Å²) in [6, 6.07) is 5.22. The molecule has 96 valence electrons. The van der Waals surface area contributed by atoms with Crippen molar-refractivity contribution in [2.45, 2.75) is 27.3 Å². The van der Waals surface area contributed by atoms with Crippen LogP contribution in [0.15, 0.2) is 18.2 Å². The van der Waals surface area contributed by atoms with E-state index in [0.29, 0.717) is 29.3 Å². The molecule has 0 aliphatic heterocycles. The third kappa shape index (κ3) is 2.03. The number of anilines is 3. The average Bonchev–Trinajstić information content (AvgIpc) is 2.62.